The molecule has 0 radical (unpaired) electrons. The van der Waals surface area contributed by atoms with Crippen molar-refractivity contribution < 1.29 is 14.3 Å². The lowest BCUT2D eigenvalue weighted by Crippen LogP contribution is -2.33. The number of hydrogen-bond donors (Lipinski definition) is 1. The summed E-state index contributed by atoms with van der Waals surface area (Å²) in [7, 11) is 1.30. The van der Waals surface area contributed by atoms with Gasteiger partial charge < -0.3 is 10.1 Å². The number of ether oxygens (including phenoxy) is 1. The van der Waals surface area contributed by atoms with Crippen LogP contribution in [0.15, 0.2) is 5.57 Å². The molecule has 1 aliphatic heterocycles. The van der Waals surface area contributed by atoms with E-state index in [1.54, 1.807) is 5.94 Å². The monoisotopic (exact) mass is 155 g/mol. The Hall–Kier alpha value is -1.12. The average Bonchev–Trinajstić information content (AvgIpc) is 2.50. The third-order valence-corrected chi connectivity index (χ3v) is 1.66. The van der Waals surface area contributed by atoms with E-state index in [4.69, 9.17) is 0 Å². The summed E-state index contributed by atoms with van der Waals surface area (Å²) in [6.07, 6.45) is 0.587. The lowest BCUT2D eigenvalue weighted by atomic mass is 10.1. The Labute approximate surface area is 64.2 Å². The van der Waals surface area contributed by atoms with Gasteiger partial charge in [-0.25, -0.2) is 9.59 Å². The molecule has 1 heterocycles. The van der Waals surface area contributed by atoms with Crippen molar-refractivity contribution in [1.82, 2.24) is 5.32 Å². The van der Waals surface area contributed by atoms with Crippen LogP contribution in [-0.4, -0.2) is 31.6 Å². The zero-order valence-electron chi connectivity index (χ0n) is 6.22. The first-order chi connectivity index (χ1) is 5.29. The van der Waals surface area contributed by atoms with E-state index in [1.165, 1.54) is 7.11 Å². The summed E-state index contributed by atoms with van der Waals surface area (Å²) in [5, 5.41) is 2.83. The molecule has 0 aromatic carbocycles. The summed E-state index contributed by atoms with van der Waals surface area (Å²) in [6.45, 7) is 0.643. The number of hydrogen-bond acceptors (Lipinski definition) is 4. The molecule has 11 heavy (non-hydrogen) atoms. The second-order valence-corrected chi connectivity index (χ2v) is 2.29. The number of esters is 1. The average molecular weight is 155 g/mol. The van der Waals surface area contributed by atoms with Gasteiger partial charge in [0.2, 0.25) is 0 Å². The van der Waals surface area contributed by atoms with Gasteiger partial charge in [-0.05, 0) is 6.42 Å². The van der Waals surface area contributed by atoms with E-state index >= 15 is 0 Å². The van der Waals surface area contributed by atoms with Crippen molar-refractivity contribution in [2.45, 2.75) is 12.5 Å². The van der Waals surface area contributed by atoms with E-state index in [0.29, 0.717) is 18.5 Å². The highest BCUT2D eigenvalue weighted by Crippen LogP contribution is 2.11. The summed E-state index contributed by atoms with van der Waals surface area (Å²) in [6, 6.07) is -0.558. The van der Waals surface area contributed by atoms with Crippen molar-refractivity contribution in [3.63, 3.8) is 0 Å². The van der Waals surface area contributed by atoms with E-state index in [2.05, 4.69) is 10.1 Å². The zero-order valence-corrected chi connectivity index (χ0v) is 6.22. The van der Waals surface area contributed by atoms with Gasteiger partial charge in [0.15, 0.2) is 0 Å². The van der Waals surface area contributed by atoms with Crippen molar-refractivity contribution in [3.05, 3.63) is 5.57 Å². The quantitative estimate of drug-likeness (QED) is 0.401. The molecule has 1 rings (SSSR count). The molecule has 4 nitrogen and oxygen atoms in total. The van der Waals surface area contributed by atoms with Crippen molar-refractivity contribution in [2.24, 2.45) is 0 Å². The standard InChI is InChI=1S/C7H9NO3/c1-11-7(10)6-5(4-9)2-3-8-6/h6,8H,2-3H2,1H3. The van der Waals surface area contributed by atoms with Gasteiger partial charge in [-0.2, -0.15) is 0 Å². The molecule has 1 unspecified atom stereocenters. The smallest absolute Gasteiger partial charge is 0.327 e. The molecule has 1 atom stereocenters. The van der Waals surface area contributed by atoms with Crippen LogP contribution in [0.5, 0.6) is 0 Å². The minimum Gasteiger partial charge on any atom is -0.468 e. The maximum absolute atomic E-state index is 10.9. The Kier molecular flexibility index (Phi) is 2.41. The van der Waals surface area contributed by atoms with Crippen molar-refractivity contribution in [1.29, 1.82) is 0 Å². The van der Waals surface area contributed by atoms with Crippen LogP contribution in [0.3, 0.4) is 0 Å². The van der Waals surface area contributed by atoms with Crippen LogP contribution in [0.2, 0.25) is 0 Å². The fourth-order valence-electron chi connectivity index (χ4n) is 1.07. The Morgan fingerprint density at radius 3 is 3.09 bits per heavy atom. The van der Waals surface area contributed by atoms with Gasteiger partial charge in [0.1, 0.15) is 12.0 Å². The topological polar surface area (TPSA) is 55.4 Å². The highest BCUT2D eigenvalue weighted by atomic mass is 16.5. The molecule has 1 aliphatic rings. The Bertz CT molecular complexity index is 218. The first-order valence-electron chi connectivity index (χ1n) is 3.34. The van der Waals surface area contributed by atoms with Crippen molar-refractivity contribution in [3.8, 4) is 0 Å². The molecule has 0 amide bonds. The molecule has 0 spiro atoms. The largest absolute Gasteiger partial charge is 0.468 e. The molecule has 60 valence electrons. The number of methoxy groups -OCH3 is 1. The fourth-order valence-corrected chi connectivity index (χ4v) is 1.07. The highest BCUT2D eigenvalue weighted by Gasteiger charge is 2.28. The van der Waals surface area contributed by atoms with E-state index in [-0.39, 0.29) is 0 Å². The maximum Gasteiger partial charge on any atom is 0.327 e. The molecular formula is C7H9NO3. The van der Waals surface area contributed by atoms with Gasteiger partial charge in [-0.15, -0.1) is 0 Å². The minimum atomic E-state index is -0.558. The summed E-state index contributed by atoms with van der Waals surface area (Å²) in [4.78, 5) is 21.1. The Morgan fingerprint density at radius 2 is 2.55 bits per heavy atom. The highest BCUT2D eigenvalue weighted by molar-refractivity contribution is 5.83. The molecule has 1 saturated heterocycles. The van der Waals surface area contributed by atoms with Crippen LogP contribution in [0.25, 0.3) is 0 Å². The molecule has 0 bridgehead atoms. The second kappa shape index (κ2) is 3.32. The first kappa shape index (κ1) is 7.98. The lowest BCUT2D eigenvalue weighted by molar-refractivity contribution is -0.141. The van der Waals surface area contributed by atoms with Gasteiger partial charge in [0.25, 0.3) is 0 Å². The summed E-state index contributed by atoms with van der Waals surface area (Å²) >= 11 is 0. The molecular weight excluding hydrogens is 146 g/mol. The normalized spacial score (nSPS) is 23.0. The number of carbonyl (C=O) groups is 1. The van der Waals surface area contributed by atoms with Crippen LogP contribution in [0.1, 0.15) is 6.42 Å². The van der Waals surface area contributed by atoms with Gasteiger partial charge in [0, 0.05) is 12.1 Å². The van der Waals surface area contributed by atoms with E-state index < -0.39 is 12.0 Å². The molecule has 0 aliphatic carbocycles. The summed E-state index contributed by atoms with van der Waals surface area (Å²) in [5.41, 5.74) is 0.455. The van der Waals surface area contributed by atoms with E-state index in [0.717, 1.165) is 0 Å². The lowest BCUT2D eigenvalue weighted by Gasteiger charge is -2.05. The van der Waals surface area contributed by atoms with Gasteiger partial charge in [0.05, 0.1) is 7.11 Å². The fraction of sp³-hybridized carbons (Fsp3) is 0.571. The number of nitrogens with one attached hydrogen (secondary N) is 1. The van der Waals surface area contributed by atoms with Crippen LogP contribution in [0, 0.1) is 0 Å². The van der Waals surface area contributed by atoms with Gasteiger partial charge >= 0.3 is 5.97 Å². The van der Waals surface area contributed by atoms with Crippen LogP contribution >= 0.6 is 0 Å². The molecule has 0 aromatic rings. The minimum absolute atomic E-state index is 0.416. The third-order valence-electron chi connectivity index (χ3n) is 1.66. The Morgan fingerprint density at radius 1 is 1.82 bits per heavy atom. The zero-order chi connectivity index (χ0) is 8.27. The van der Waals surface area contributed by atoms with Crippen molar-refractivity contribution >= 4 is 11.9 Å². The maximum atomic E-state index is 10.9. The number of rotatable bonds is 1. The predicted molar refractivity (Wildman–Crippen MR) is 37.6 cm³/mol. The first-order valence-corrected chi connectivity index (χ1v) is 3.34. The van der Waals surface area contributed by atoms with Crippen LogP contribution in [-0.2, 0) is 14.3 Å². The molecule has 0 saturated carbocycles. The summed E-state index contributed by atoms with van der Waals surface area (Å²) in [5.74, 6) is 1.32. The summed E-state index contributed by atoms with van der Waals surface area (Å²) < 4.78 is 4.47. The number of carbonyl (C=O) groups excluding carboxylic acids is 2. The van der Waals surface area contributed by atoms with Crippen LogP contribution < -0.4 is 5.32 Å². The second-order valence-electron chi connectivity index (χ2n) is 2.29. The molecule has 0 aromatic heterocycles. The van der Waals surface area contributed by atoms with E-state index in [1.807, 2.05) is 0 Å². The SMILES string of the molecule is COC(=O)C1NCCC1=C=O. The van der Waals surface area contributed by atoms with Gasteiger partial charge in [-0.3, -0.25) is 0 Å². The third kappa shape index (κ3) is 1.48. The van der Waals surface area contributed by atoms with Crippen molar-refractivity contribution in [2.75, 3.05) is 13.7 Å². The predicted octanol–water partition coefficient (Wildman–Crippen LogP) is -0.721. The van der Waals surface area contributed by atoms with Crippen LogP contribution in [0.4, 0.5) is 0 Å². The Balaban J connectivity index is 2.72. The van der Waals surface area contributed by atoms with E-state index in [9.17, 15) is 9.59 Å². The molecule has 4 heteroatoms. The molecule has 1 N–H and O–H groups in total. The van der Waals surface area contributed by atoms with Gasteiger partial charge in [-0.1, -0.05) is 0 Å². The molecule has 1 fully saturated rings.